The van der Waals surface area contributed by atoms with Crippen LogP contribution in [-0.2, 0) is 4.74 Å². The quantitative estimate of drug-likeness (QED) is 0.251. The smallest absolute Gasteiger partial charge is 0.410 e. The number of ketones is 1. The van der Waals surface area contributed by atoms with Gasteiger partial charge in [-0.2, -0.15) is 0 Å². The molecule has 3 rings (SSSR count). The molecule has 2 heterocycles. The Labute approximate surface area is 215 Å². The second-order valence-electron chi connectivity index (χ2n) is 7.95. The largest absolute Gasteiger partial charge is 0.507 e. The predicted molar refractivity (Wildman–Crippen MR) is 136 cm³/mol. The summed E-state index contributed by atoms with van der Waals surface area (Å²) in [6.45, 7) is 3.31. The molecule has 1 atom stereocenters. The number of rotatable bonds is 10. The number of halogens is 1. The number of hydrogen-bond acceptors (Lipinski definition) is 9. The molecule has 1 amide bonds. The maximum Gasteiger partial charge on any atom is 0.410 e. The second kappa shape index (κ2) is 12.6. The van der Waals surface area contributed by atoms with E-state index in [1.807, 2.05) is 0 Å². The third-order valence-corrected chi connectivity index (χ3v) is 5.99. The molecule has 0 radical (unpaired) electrons. The van der Waals surface area contributed by atoms with E-state index in [1.165, 1.54) is 62.8 Å². The molecule has 0 aliphatic rings. The van der Waals surface area contributed by atoms with E-state index in [4.69, 9.17) is 9.15 Å². The van der Waals surface area contributed by atoms with Crippen LogP contribution >= 0.6 is 11.3 Å². The molecule has 0 saturated heterocycles. The number of nitrogens with one attached hydrogen (secondary N) is 1. The lowest BCUT2D eigenvalue weighted by Crippen LogP contribution is -2.16. The summed E-state index contributed by atoms with van der Waals surface area (Å²) in [6, 6.07) is 6.72. The van der Waals surface area contributed by atoms with Crippen molar-refractivity contribution in [3.05, 3.63) is 86.8 Å². The summed E-state index contributed by atoms with van der Waals surface area (Å²) >= 11 is 1.15. The van der Waals surface area contributed by atoms with Gasteiger partial charge < -0.3 is 19.0 Å². The average Bonchev–Trinajstić information content (AvgIpc) is 3.30. The van der Waals surface area contributed by atoms with Crippen LogP contribution in [0.5, 0.6) is 16.7 Å². The summed E-state index contributed by atoms with van der Waals surface area (Å²) in [4.78, 5) is 41.2. The molecule has 0 aliphatic heterocycles. The van der Waals surface area contributed by atoms with Crippen LogP contribution in [0.3, 0.4) is 0 Å². The topological polar surface area (TPSA) is 128 Å². The molecule has 0 saturated carbocycles. The lowest BCUT2D eigenvalue weighted by atomic mass is 10.00. The summed E-state index contributed by atoms with van der Waals surface area (Å²) in [5.41, 5.74) is -1.21. The number of ether oxygens (including phenoxy) is 2. The average molecular weight is 529 g/mol. The number of carbonyl (C=O) groups is 2. The highest BCUT2D eigenvalue weighted by atomic mass is 32.1. The molecule has 0 aliphatic carbocycles. The van der Waals surface area contributed by atoms with Crippen LogP contribution in [0.25, 0.3) is 6.08 Å². The fourth-order valence-electron chi connectivity index (χ4n) is 3.17. The van der Waals surface area contributed by atoms with Crippen LogP contribution in [0.15, 0.2) is 63.6 Å². The Hall–Kier alpha value is -4.25. The van der Waals surface area contributed by atoms with Crippen molar-refractivity contribution < 1.29 is 33.0 Å². The van der Waals surface area contributed by atoms with Gasteiger partial charge in [0.15, 0.2) is 5.78 Å². The van der Waals surface area contributed by atoms with Crippen LogP contribution < -0.4 is 15.7 Å². The molecule has 1 aromatic carbocycles. The van der Waals surface area contributed by atoms with Gasteiger partial charge >= 0.3 is 11.7 Å². The van der Waals surface area contributed by atoms with Crippen molar-refractivity contribution >= 4 is 29.3 Å². The first-order chi connectivity index (χ1) is 17.7. The molecule has 9 nitrogen and oxygen atoms in total. The summed E-state index contributed by atoms with van der Waals surface area (Å²) in [5.74, 6) is -1.13. The van der Waals surface area contributed by atoms with Gasteiger partial charge in [0.2, 0.25) is 0 Å². The standard InChI is InChI=1S/C26H25FN2O7S/c1-15(6-4-5-11-28-25(33)34-3)21-13-20(30)22(24(32)36-21)23(31)16(2)12-19-14-29-26(37-19)35-18-9-7-17(27)8-10-18/h5,7-15,30H,4,6H2,1-3H3,(H,28,33)/b11-5+,16-12?. The van der Waals surface area contributed by atoms with Crippen molar-refractivity contribution in [2.45, 2.75) is 32.6 Å². The number of aromatic nitrogens is 1. The monoisotopic (exact) mass is 528 g/mol. The number of Topliss-reactive ketones (excluding diaryl/α,β-unsaturated/α-hetero) is 1. The minimum absolute atomic E-state index is 0.184. The van der Waals surface area contributed by atoms with Gasteiger partial charge in [-0.05, 0) is 55.7 Å². The SMILES string of the molecule is COC(=O)N/C=C/CCC(C)c1cc(O)c(C(=O)C(C)=Cc2cnc(Oc3ccc(F)cc3)s2)c(=O)o1. The van der Waals surface area contributed by atoms with Crippen molar-refractivity contribution in [1.29, 1.82) is 0 Å². The van der Waals surface area contributed by atoms with Gasteiger partial charge in [0.05, 0.1) is 12.0 Å². The van der Waals surface area contributed by atoms with Crippen LogP contribution in [-0.4, -0.2) is 29.1 Å². The molecular formula is C26H25FN2O7S. The number of allylic oxidation sites excluding steroid dienone is 2. The van der Waals surface area contributed by atoms with Gasteiger partial charge in [-0.15, -0.1) is 0 Å². The zero-order valence-corrected chi connectivity index (χ0v) is 21.1. The number of benzene rings is 1. The highest BCUT2D eigenvalue weighted by Gasteiger charge is 2.22. The first-order valence-corrected chi connectivity index (χ1v) is 12.0. The number of aromatic hydroxyl groups is 1. The van der Waals surface area contributed by atoms with Gasteiger partial charge in [-0.3, -0.25) is 10.1 Å². The van der Waals surface area contributed by atoms with Gasteiger partial charge in [0.1, 0.15) is 28.6 Å². The summed E-state index contributed by atoms with van der Waals surface area (Å²) in [7, 11) is 1.26. The predicted octanol–water partition coefficient (Wildman–Crippen LogP) is 5.77. The molecule has 194 valence electrons. The Morgan fingerprint density at radius 1 is 1.30 bits per heavy atom. The van der Waals surface area contributed by atoms with E-state index in [2.05, 4.69) is 15.0 Å². The summed E-state index contributed by atoms with van der Waals surface area (Å²) in [5, 5.41) is 13.1. The van der Waals surface area contributed by atoms with E-state index in [1.54, 1.807) is 13.0 Å². The molecule has 1 unspecified atom stereocenters. The van der Waals surface area contributed by atoms with Crippen molar-refractivity contribution in [2.24, 2.45) is 0 Å². The molecule has 37 heavy (non-hydrogen) atoms. The van der Waals surface area contributed by atoms with Gasteiger partial charge in [0, 0.05) is 24.4 Å². The Bertz CT molecular complexity index is 1380. The third kappa shape index (κ3) is 7.61. The minimum atomic E-state index is -0.938. The normalized spacial score (nSPS) is 12.4. The molecule has 2 N–H and O–H groups in total. The van der Waals surface area contributed by atoms with E-state index in [0.29, 0.717) is 23.5 Å². The number of alkyl carbamates (subject to hydrolysis) is 1. The Kier molecular flexibility index (Phi) is 9.33. The van der Waals surface area contributed by atoms with E-state index >= 15 is 0 Å². The lowest BCUT2D eigenvalue weighted by molar-refractivity contribution is 0.102. The van der Waals surface area contributed by atoms with E-state index < -0.39 is 28.8 Å². The second-order valence-corrected chi connectivity index (χ2v) is 8.98. The molecule has 2 aromatic heterocycles. The van der Waals surface area contributed by atoms with Crippen LogP contribution in [0, 0.1) is 5.82 Å². The molecule has 0 spiro atoms. The number of hydrogen-bond donors (Lipinski definition) is 2. The van der Waals surface area contributed by atoms with Crippen LogP contribution in [0.4, 0.5) is 9.18 Å². The van der Waals surface area contributed by atoms with Gasteiger partial charge in [-0.1, -0.05) is 24.3 Å². The third-order valence-electron chi connectivity index (χ3n) is 5.17. The number of carbonyl (C=O) groups excluding carboxylic acids is 2. The molecule has 0 bridgehead atoms. The number of methoxy groups -OCH3 is 1. The first-order valence-electron chi connectivity index (χ1n) is 11.2. The van der Waals surface area contributed by atoms with Crippen molar-refractivity contribution in [3.8, 4) is 16.7 Å². The molecule has 0 fully saturated rings. The van der Waals surface area contributed by atoms with E-state index in [-0.39, 0.29) is 28.3 Å². The Balaban J connectivity index is 1.67. The van der Waals surface area contributed by atoms with Crippen molar-refractivity contribution in [1.82, 2.24) is 10.3 Å². The number of nitrogens with zero attached hydrogens (tertiary/aromatic N) is 1. The maximum absolute atomic E-state index is 13.0. The van der Waals surface area contributed by atoms with Crippen LogP contribution in [0.1, 0.15) is 53.6 Å². The summed E-state index contributed by atoms with van der Waals surface area (Å²) < 4.78 is 28.4. The van der Waals surface area contributed by atoms with Gasteiger partial charge in [0.25, 0.3) is 5.19 Å². The van der Waals surface area contributed by atoms with Crippen LogP contribution in [0.2, 0.25) is 0 Å². The lowest BCUT2D eigenvalue weighted by Gasteiger charge is -2.11. The Morgan fingerprint density at radius 3 is 2.70 bits per heavy atom. The number of amides is 1. The van der Waals surface area contributed by atoms with Gasteiger partial charge in [-0.25, -0.2) is 19.0 Å². The zero-order chi connectivity index (χ0) is 26.9. The van der Waals surface area contributed by atoms with Crippen molar-refractivity contribution in [3.63, 3.8) is 0 Å². The van der Waals surface area contributed by atoms with E-state index in [0.717, 1.165) is 11.3 Å². The van der Waals surface area contributed by atoms with E-state index in [9.17, 15) is 23.9 Å². The summed E-state index contributed by atoms with van der Waals surface area (Å²) in [6.07, 6.45) is 6.70. The fourth-order valence-corrected chi connectivity index (χ4v) is 3.96. The minimum Gasteiger partial charge on any atom is -0.507 e. The number of thiazole rings is 1. The highest BCUT2D eigenvalue weighted by molar-refractivity contribution is 7.14. The highest BCUT2D eigenvalue weighted by Crippen LogP contribution is 2.29. The molecule has 3 aromatic rings. The van der Waals surface area contributed by atoms with Crippen molar-refractivity contribution in [2.75, 3.05) is 7.11 Å². The molecular weight excluding hydrogens is 503 g/mol. The zero-order valence-electron chi connectivity index (χ0n) is 20.3. The Morgan fingerprint density at radius 2 is 2.03 bits per heavy atom. The molecule has 11 heteroatoms. The first kappa shape index (κ1) is 27.3. The maximum atomic E-state index is 13.0. The fraction of sp³-hybridized carbons (Fsp3) is 0.231.